The molecule has 0 bridgehead atoms. The summed E-state index contributed by atoms with van der Waals surface area (Å²) in [5, 5.41) is 3.71. The third kappa shape index (κ3) is 2.54. The maximum atomic E-state index is 12.5. The van der Waals surface area contributed by atoms with Crippen LogP contribution in [0, 0.1) is 6.92 Å². The number of nitrogens with one attached hydrogen (secondary N) is 1. The molecule has 0 spiro atoms. The van der Waals surface area contributed by atoms with E-state index < -0.39 is 10.0 Å². The summed E-state index contributed by atoms with van der Waals surface area (Å²) in [4.78, 5) is 0.309. The van der Waals surface area contributed by atoms with Gasteiger partial charge in [-0.25, -0.2) is 8.42 Å². The summed E-state index contributed by atoms with van der Waals surface area (Å²) in [5.74, 6) is 0. The van der Waals surface area contributed by atoms with Crippen LogP contribution in [0.5, 0.6) is 0 Å². The summed E-state index contributed by atoms with van der Waals surface area (Å²) in [6.45, 7) is 5.39. The van der Waals surface area contributed by atoms with Crippen LogP contribution < -0.4 is 5.32 Å². The van der Waals surface area contributed by atoms with E-state index in [4.69, 9.17) is 11.6 Å². The first kappa shape index (κ1) is 13.8. The maximum absolute atomic E-state index is 12.5. The van der Waals surface area contributed by atoms with E-state index in [1.165, 1.54) is 4.31 Å². The third-order valence-electron chi connectivity index (χ3n) is 3.17. The zero-order valence-corrected chi connectivity index (χ0v) is 12.1. The molecule has 1 aliphatic heterocycles. The highest BCUT2D eigenvalue weighted by Crippen LogP contribution is 2.26. The molecule has 0 amide bonds. The highest BCUT2D eigenvalue weighted by atomic mass is 35.5. The predicted octanol–water partition coefficient (Wildman–Crippen LogP) is 1.63. The van der Waals surface area contributed by atoms with E-state index in [1.807, 2.05) is 6.92 Å². The minimum absolute atomic E-state index is 0.174. The van der Waals surface area contributed by atoms with E-state index in [1.54, 1.807) is 25.1 Å². The fraction of sp³-hybridized carbons (Fsp3) is 0.500. The molecule has 0 saturated carbocycles. The van der Waals surface area contributed by atoms with Crippen molar-refractivity contribution in [3.63, 3.8) is 0 Å². The first-order chi connectivity index (χ1) is 8.43. The monoisotopic (exact) mass is 288 g/mol. The first-order valence-corrected chi connectivity index (χ1v) is 7.73. The average Bonchev–Trinajstić information content (AvgIpc) is 2.32. The Morgan fingerprint density at radius 3 is 2.83 bits per heavy atom. The van der Waals surface area contributed by atoms with Crippen molar-refractivity contribution < 1.29 is 8.42 Å². The largest absolute Gasteiger partial charge is 0.312 e. The normalized spacial score (nSPS) is 22.1. The number of piperazine rings is 1. The molecule has 0 aromatic heterocycles. The average molecular weight is 289 g/mol. The van der Waals surface area contributed by atoms with Crippen molar-refractivity contribution in [3.05, 3.63) is 28.8 Å². The van der Waals surface area contributed by atoms with Crippen molar-refractivity contribution in [2.75, 3.05) is 19.6 Å². The Balaban J connectivity index is 2.39. The van der Waals surface area contributed by atoms with Crippen LogP contribution in [-0.2, 0) is 10.0 Å². The van der Waals surface area contributed by atoms with Crippen LogP contribution in [0.15, 0.2) is 23.1 Å². The standard InChI is InChI=1S/C12H17ClN2O2S/c1-9-8-15(7-6-14-9)18(16,17)12-5-3-4-11(13)10(12)2/h3-5,9,14H,6-8H2,1-2H3/t9-/m0/s1. The van der Waals surface area contributed by atoms with Crippen molar-refractivity contribution >= 4 is 21.6 Å². The number of benzene rings is 1. The second-order valence-corrected chi connectivity index (χ2v) is 6.89. The van der Waals surface area contributed by atoms with Gasteiger partial charge in [-0.2, -0.15) is 4.31 Å². The number of halogens is 1. The molecule has 1 aromatic rings. The van der Waals surface area contributed by atoms with Crippen LogP contribution in [0.2, 0.25) is 5.02 Å². The van der Waals surface area contributed by atoms with Crippen LogP contribution in [0.25, 0.3) is 0 Å². The molecule has 4 nitrogen and oxygen atoms in total. The zero-order chi connectivity index (χ0) is 13.3. The number of sulfonamides is 1. The molecule has 0 unspecified atom stereocenters. The Kier molecular flexibility index (Phi) is 3.96. The van der Waals surface area contributed by atoms with Crippen LogP contribution >= 0.6 is 11.6 Å². The lowest BCUT2D eigenvalue weighted by molar-refractivity contribution is 0.310. The molecule has 1 atom stereocenters. The Morgan fingerprint density at radius 2 is 2.17 bits per heavy atom. The predicted molar refractivity (Wildman–Crippen MR) is 72.4 cm³/mol. The molecule has 1 aliphatic rings. The molecule has 6 heteroatoms. The molecule has 0 radical (unpaired) electrons. The SMILES string of the molecule is Cc1c(Cl)cccc1S(=O)(=O)N1CCN[C@@H](C)C1. The van der Waals surface area contributed by atoms with Gasteiger partial charge in [-0.15, -0.1) is 0 Å². The van der Waals surface area contributed by atoms with E-state index in [2.05, 4.69) is 5.32 Å². The number of hydrogen-bond donors (Lipinski definition) is 1. The number of rotatable bonds is 2. The molecule has 0 aliphatic carbocycles. The van der Waals surface area contributed by atoms with E-state index in [0.29, 0.717) is 35.1 Å². The van der Waals surface area contributed by atoms with Gasteiger partial charge < -0.3 is 5.32 Å². The van der Waals surface area contributed by atoms with Gasteiger partial charge in [0.15, 0.2) is 0 Å². The van der Waals surface area contributed by atoms with Gasteiger partial charge in [0.1, 0.15) is 0 Å². The minimum Gasteiger partial charge on any atom is -0.312 e. The topological polar surface area (TPSA) is 49.4 Å². The van der Waals surface area contributed by atoms with Gasteiger partial charge in [0.25, 0.3) is 0 Å². The van der Waals surface area contributed by atoms with Gasteiger partial charge in [0, 0.05) is 30.7 Å². The van der Waals surface area contributed by atoms with E-state index in [-0.39, 0.29) is 6.04 Å². The van der Waals surface area contributed by atoms with Crippen LogP contribution in [0.1, 0.15) is 12.5 Å². The molecule has 1 N–H and O–H groups in total. The van der Waals surface area contributed by atoms with Gasteiger partial charge >= 0.3 is 0 Å². The van der Waals surface area contributed by atoms with Crippen LogP contribution in [-0.4, -0.2) is 38.4 Å². The number of hydrogen-bond acceptors (Lipinski definition) is 3. The second-order valence-electron chi connectivity index (χ2n) is 4.58. The van der Waals surface area contributed by atoms with Crippen LogP contribution in [0.4, 0.5) is 0 Å². The lowest BCUT2D eigenvalue weighted by atomic mass is 10.2. The van der Waals surface area contributed by atoms with Crippen molar-refractivity contribution in [1.82, 2.24) is 9.62 Å². The molecule has 100 valence electrons. The lowest BCUT2D eigenvalue weighted by Gasteiger charge is -2.31. The highest BCUT2D eigenvalue weighted by molar-refractivity contribution is 7.89. The second kappa shape index (κ2) is 5.17. The van der Waals surface area contributed by atoms with Crippen molar-refractivity contribution in [2.45, 2.75) is 24.8 Å². The van der Waals surface area contributed by atoms with Crippen molar-refractivity contribution in [2.24, 2.45) is 0 Å². The fourth-order valence-corrected chi connectivity index (χ4v) is 4.13. The quantitative estimate of drug-likeness (QED) is 0.900. The minimum atomic E-state index is -3.44. The van der Waals surface area contributed by atoms with E-state index in [9.17, 15) is 8.42 Å². The van der Waals surface area contributed by atoms with E-state index in [0.717, 1.165) is 0 Å². The Bertz CT molecular complexity index is 545. The van der Waals surface area contributed by atoms with Crippen LogP contribution in [0.3, 0.4) is 0 Å². The smallest absolute Gasteiger partial charge is 0.243 e. The van der Waals surface area contributed by atoms with Gasteiger partial charge in [-0.05, 0) is 31.5 Å². The Morgan fingerprint density at radius 1 is 1.44 bits per heavy atom. The molecule has 18 heavy (non-hydrogen) atoms. The molecule has 1 aromatic carbocycles. The van der Waals surface area contributed by atoms with Gasteiger partial charge in [-0.3, -0.25) is 0 Å². The third-order valence-corrected chi connectivity index (χ3v) is 5.59. The first-order valence-electron chi connectivity index (χ1n) is 5.91. The number of nitrogens with zero attached hydrogens (tertiary/aromatic N) is 1. The molecule has 1 fully saturated rings. The van der Waals surface area contributed by atoms with Crippen molar-refractivity contribution in [3.8, 4) is 0 Å². The molecule has 2 rings (SSSR count). The summed E-state index contributed by atoms with van der Waals surface area (Å²) in [6.07, 6.45) is 0. The van der Waals surface area contributed by atoms with Crippen molar-refractivity contribution in [1.29, 1.82) is 0 Å². The van der Waals surface area contributed by atoms with Gasteiger partial charge in [-0.1, -0.05) is 17.7 Å². The summed E-state index contributed by atoms with van der Waals surface area (Å²) >= 11 is 5.99. The molecule has 1 saturated heterocycles. The Hall–Kier alpha value is -0.620. The Labute approximate surface area is 113 Å². The summed E-state index contributed by atoms with van der Waals surface area (Å²) in [6, 6.07) is 5.17. The van der Waals surface area contributed by atoms with Gasteiger partial charge in [0.05, 0.1) is 4.90 Å². The fourth-order valence-electron chi connectivity index (χ4n) is 2.12. The summed E-state index contributed by atoms with van der Waals surface area (Å²) in [7, 11) is -3.44. The summed E-state index contributed by atoms with van der Waals surface area (Å²) in [5.41, 5.74) is 0.616. The highest BCUT2D eigenvalue weighted by Gasteiger charge is 2.29. The summed E-state index contributed by atoms with van der Waals surface area (Å²) < 4.78 is 26.6. The lowest BCUT2D eigenvalue weighted by Crippen LogP contribution is -2.51. The molecular weight excluding hydrogens is 272 g/mol. The van der Waals surface area contributed by atoms with Gasteiger partial charge in [0.2, 0.25) is 10.0 Å². The molecular formula is C12H17ClN2O2S. The van der Waals surface area contributed by atoms with E-state index >= 15 is 0 Å². The molecule has 1 heterocycles. The zero-order valence-electron chi connectivity index (χ0n) is 10.5. The maximum Gasteiger partial charge on any atom is 0.243 e.